The molecule has 7 heteroatoms. The van der Waals surface area contributed by atoms with Gasteiger partial charge in [0.05, 0.1) is 4.90 Å². The summed E-state index contributed by atoms with van der Waals surface area (Å²) in [5, 5.41) is 0. The molecular formula is C23H24N4O2S. The minimum Gasteiger partial charge on any atom is -0.311 e. The average Bonchev–Trinajstić information content (AvgIpc) is 3.11. The highest BCUT2D eigenvalue weighted by Gasteiger charge is 2.17. The molecule has 0 saturated heterocycles. The molecule has 1 N–H and O–H groups in total. The predicted molar refractivity (Wildman–Crippen MR) is 118 cm³/mol. The highest BCUT2D eigenvalue weighted by Crippen LogP contribution is 2.17. The van der Waals surface area contributed by atoms with Gasteiger partial charge in [-0.15, -0.1) is 0 Å². The van der Waals surface area contributed by atoms with Gasteiger partial charge in [0.25, 0.3) is 0 Å². The number of aromatic nitrogens is 3. The van der Waals surface area contributed by atoms with E-state index in [0.29, 0.717) is 11.4 Å². The van der Waals surface area contributed by atoms with E-state index in [0.717, 1.165) is 35.4 Å². The molecule has 0 amide bonds. The Morgan fingerprint density at radius 3 is 2.50 bits per heavy atom. The zero-order chi connectivity index (χ0) is 21.0. The van der Waals surface area contributed by atoms with Crippen LogP contribution in [0.4, 0.5) is 0 Å². The van der Waals surface area contributed by atoms with E-state index in [-0.39, 0.29) is 6.54 Å². The monoisotopic (exact) mass is 420 g/mol. The topological polar surface area (TPSA) is 76.9 Å². The molecule has 0 radical (unpaired) electrons. The lowest BCUT2D eigenvalue weighted by Gasteiger charge is -2.12. The molecule has 0 bridgehead atoms. The van der Waals surface area contributed by atoms with Crippen molar-refractivity contribution in [3.63, 3.8) is 0 Å². The van der Waals surface area contributed by atoms with Gasteiger partial charge in [-0.3, -0.25) is 0 Å². The van der Waals surface area contributed by atoms with Crippen LogP contribution in [0.1, 0.15) is 17.0 Å². The second kappa shape index (κ2) is 8.77. The normalized spacial score (nSPS) is 11.8. The molecule has 2 aromatic carbocycles. The number of nitrogens with zero attached hydrogens (tertiary/aromatic N) is 3. The molecule has 4 rings (SSSR count). The van der Waals surface area contributed by atoms with Crippen LogP contribution in [0.5, 0.6) is 0 Å². The summed E-state index contributed by atoms with van der Waals surface area (Å²) in [4.78, 5) is 9.51. The molecule has 30 heavy (non-hydrogen) atoms. The third kappa shape index (κ3) is 4.42. The number of imidazole rings is 1. The molecule has 0 aliphatic rings. The van der Waals surface area contributed by atoms with Crippen molar-refractivity contribution in [2.24, 2.45) is 0 Å². The van der Waals surface area contributed by atoms with Gasteiger partial charge in [-0.25, -0.2) is 23.1 Å². The number of fused-ring (bicyclic) bond motifs is 1. The molecular weight excluding hydrogens is 396 g/mol. The number of hydrogen-bond acceptors (Lipinski definition) is 4. The molecule has 2 heterocycles. The van der Waals surface area contributed by atoms with Crippen LogP contribution < -0.4 is 4.72 Å². The Kier molecular flexibility index (Phi) is 5.92. The van der Waals surface area contributed by atoms with Crippen LogP contribution in [0, 0.1) is 6.92 Å². The standard InChI is InChI=1S/C23H24N4O2S/c1-18-8-5-6-12-21(18)30(28,29)25-16-17-27-22(14-13-19-9-3-2-4-10-19)26-20-11-7-15-24-23(20)27/h2-12,15,25H,13-14,16-17H2,1H3. The fourth-order valence-corrected chi connectivity index (χ4v) is 4.82. The Labute approximate surface area is 176 Å². The van der Waals surface area contributed by atoms with E-state index in [2.05, 4.69) is 21.8 Å². The molecule has 0 saturated carbocycles. The molecule has 154 valence electrons. The second-order valence-electron chi connectivity index (χ2n) is 7.17. The molecule has 0 atom stereocenters. The fraction of sp³-hybridized carbons (Fsp3) is 0.217. The van der Waals surface area contributed by atoms with Crippen molar-refractivity contribution in [3.05, 3.63) is 89.9 Å². The van der Waals surface area contributed by atoms with Gasteiger partial charge in [-0.1, -0.05) is 48.5 Å². The largest absolute Gasteiger partial charge is 0.311 e. The number of sulfonamides is 1. The van der Waals surface area contributed by atoms with Gasteiger partial charge >= 0.3 is 0 Å². The summed E-state index contributed by atoms with van der Waals surface area (Å²) in [5.41, 5.74) is 3.56. The summed E-state index contributed by atoms with van der Waals surface area (Å²) in [7, 11) is -3.57. The SMILES string of the molecule is Cc1ccccc1S(=O)(=O)NCCn1c(CCc2ccccc2)nc2cccnc21. The van der Waals surface area contributed by atoms with Crippen LogP contribution in [0.2, 0.25) is 0 Å². The summed E-state index contributed by atoms with van der Waals surface area (Å²) in [6.45, 7) is 2.52. The Bertz CT molecular complexity index is 1250. The first-order valence-electron chi connectivity index (χ1n) is 9.94. The molecule has 2 aromatic heterocycles. The maximum atomic E-state index is 12.7. The zero-order valence-electron chi connectivity index (χ0n) is 16.8. The summed E-state index contributed by atoms with van der Waals surface area (Å²) in [5.74, 6) is 0.905. The van der Waals surface area contributed by atoms with Gasteiger partial charge in [0, 0.05) is 25.7 Å². The smallest absolute Gasteiger partial charge is 0.240 e. The predicted octanol–water partition coefficient (Wildman–Crippen LogP) is 3.50. The van der Waals surface area contributed by atoms with Crippen LogP contribution in [0.25, 0.3) is 11.2 Å². The average molecular weight is 421 g/mol. The zero-order valence-corrected chi connectivity index (χ0v) is 17.6. The summed E-state index contributed by atoms with van der Waals surface area (Å²) in [6, 6.07) is 21.0. The summed E-state index contributed by atoms with van der Waals surface area (Å²) in [6.07, 6.45) is 3.35. The van der Waals surface area contributed by atoms with Crippen molar-refractivity contribution in [3.8, 4) is 0 Å². The van der Waals surface area contributed by atoms with E-state index in [1.165, 1.54) is 5.56 Å². The van der Waals surface area contributed by atoms with Gasteiger partial charge in [0.2, 0.25) is 10.0 Å². The Hall–Kier alpha value is -3.03. The number of pyridine rings is 1. The number of aryl methyl sites for hydroxylation is 3. The first kappa shape index (κ1) is 20.3. The highest BCUT2D eigenvalue weighted by atomic mass is 32.2. The van der Waals surface area contributed by atoms with E-state index < -0.39 is 10.0 Å². The lowest BCUT2D eigenvalue weighted by atomic mass is 10.1. The first-order valence-corrected chi connectivity index (χ1v) is 11.4. The first-order chi connectivity index (χ1) is 14.5. The van der Waals surface area contributed by atoms with E-state index in [1.807, 2.05) is 41.0 Å². The van der Waals surface area contributed by atoms with Crippen LogP contribution in [-0.2, 0) is 29.4 Å². The minimum atomic E-state index is -3.57. The van der Waals surface area contributed by atoms with E-state index in [1.54, 1.807) is 31.3 Å². The molecule has 6 nitrogen and oxygen atoms in total. The Morgan fingerprint density at radius 2 is 1.70 bits per heavy atom. The summed E-state index contributed by atoms with van der Waals surface area (Å²) < 4.78 is 30.1. The van der Waals surface area contributed by atoms with Crippen molar-refractivity contribution < 1.29 is 8.42 Å². The lowest BCUT2D eigenvalue weighted by molar-refractivity contribution is 0.570. The van der Waals surface area contributed by atoms with Crippen molar-refractivity contribution in [1.29, 1.82) is 0 Å². The minimum absolute atomic E-state index is 0.261. The van der Waals surface area contributed by atoms with Gasteiger partial charge in [-0.05, 0) is 42.7 Å². The third-order valence-electron chi connectivity index (χ3n) is 5.07. The molecule has 0 fully saturated rings. The van der Waals surface area contributed by atoms with Crippen LogP contribution >= 0.6 is 0 Å². The van der Waals surface area contributed by atoms with Crippen molar-refractivity contribution in [2.45, 2.75) is 31.2 Å². The number of nitrogens with one attached hydrogen (secondary N) is 1. The van der Waals surface area contributed by atoms with Crippen molar-refractivity contribution in [1.82, 2.24) is 19.3 Å². The molecule has 0 aliphatic heterocycles. The fourth-order valence-electron chi connectivity index (χ4n) is 3.56. The number of benzene rings is 2. The Morgan fingerprint density at radius 1 is 0.933 bits per heavy atom. The van der Waals surface area contributed by atoms with Crippen LogP contribution in [-0.4, -0.2) is 29.5 Å². The van der Waals surface area contributed by atoms with Gasteiger partial charge < -0.3 is 4.57 Å². The van der Waals surface area contributed by atoms with E-state index >= 15 is 0 Å². The summed E-state index contributed by atoms with van der Waals surface area (Å²) >= 11 is 0. The molecule has 0 unspecified atom stereocenters. The Balaban J connectivity index is 1.52. The lowest BCUT2D eigenvalue weighted by Crippen LogP contribution is -2.28. The second-order valence-corrected chi connectivity index (χ2v) is 8.91. The maximum absolute atomic E-state index is 12.7. The quantitative estimate of drug-likeness (QED) is 0.473. The van der Waals surface area contributed by atoms with E-state index in [4.69, 9.17) is 4.98 Å². The number of rotatable bonds is 8. The van der Waals surface area contributed by atoms with E-state index in [9.17, 15) is 8.42 Å². The van der Waals surface area contributed by atoms with Crippen molar-refractivity contribution >= 4 is 21.2 Å². The van der Waals surface area contributed by atoms with Crippen LogP contribution in [0.15, 0.2) is 77.8 Å². The van der Waals surface area contributed by atoms with Gasteiger partial charge in [0.15, 0.2) is 5.65 Å². The maximum Gasteiger partial charge on any atom is 0.240 e. The highest BCUT2D eigenvalue weighted by molar-refractivity contribution is 7.89. The van der Waals surface area contributed by atoms with Crippen LogP contribution in [0.3, 0.4) is 0 Å². The van der Waals surface area contributed by atoms with Gasteiger partial charge in [-0.2, -0.15) is 0 Å². The van der Waals surface area contributed by atoms with Crippen molar-refractivity contribution in [2.75, 3.05) is 6.54 Å². The van der Waals surface area contributed by atoms with Gasteiger partial charge in [0.1, 0.15) is 11.3 Å². The molecule has 0 aliphatic carbocycles. The number of hydrogen-bond donors (Lipinski definition) is 1. The molecule has 0 spiro atoms. The molecule has 4 aromatic rings. The third-order valence-corrected chi connectivity index (χ3v) is 6.69.